The molecule has 0 saturated carbocycles. The number of thiophene rings is 1. The second kappa shape index (κ2) is 9.55. The number of rotatable bonds is 8. The molecule has 2 heterocycles. The number of morpholine rings is 1. The molecule has 0 unspecified atom stereocenters. The van der Waals surface area contributed by atoms with Gasteiger partial charge in [0.05, 0.1) is 19.8 Å². The van der Waals surface area contributed by atoms with Gasteiger partial charge in [-0.1, -0.05) is 6.07 Å². The van der Waals surface area contributed by atoms with Crippen LogP contribution in [0.15, 0.2) is 17.5 Å². The first-order valence-corrected chi connectivity index (χ1v) is 8.48. The largest absolute Gasteiger partial charge is 0.379 e. The summed E-state index contributed by atoms with van der Waals surface area (Å²) in [5, 5.41) is 7.47. The van der Waals surface area contributed by atoms with E-state index in [2.05, 4.69) is 15.5 Å². The van der Waals surface area contributed by atoms with Crippen LogP contribution in [-0.2, 0) is 20.7 Å². The fraction of sp³-hybridized carbons (Fsp3) is 0.600. The number of ether oxygens (including phenoxy) is 1. The average molecular weight is 325 g/mol. The number of nitrogens with one attached hydrogen (secondary N) is 2. The first kappa shape index (κ1) is 16.9. The van der Waals surface area contributed by atoms with Crippen LogP contribution in [0.2, 0.25) is 0 Å². The van der Waals surface area contributed by atoms with Gasteiger partial charge in [-0.25, -0.2) is 0 Å². The zero-order valence-electron chi connectivity index (χ0n) is 12.7. The quantitative estimate of drug-likeness (QED) is 0.719. The molecular weight excluding hydrogens is 302 g/mol. The maximum atomic E-state index is 11.7. The highest BCUT2D eigenvalue weighted by molar-refractivity contribution is 7.09. The summed E-state index contributed by atoms with van der Waals surface area (Å²) in [5.74, 6) is -0.227. The summed E-state index contributed by atoms with van der Waals surface area (Å²) in [6, 6.07) is 3.98. The highest BCUT2D eigenvalue weighted by Gasteiger charge is 2.10. The van der Waals surface area contributed by atoms with Gasteiger partial charge in [-0.3, -0.25) is 14.5 Å². The highest BCUT2D eigenvalue weighted by atomic mass is 32.1. The molecule has 2 amide bonds. The van der Waals surface area contributed by atoms with Gasteiger partial charge in [0.1, 0.15) is 0 Å². The van der Waals surface area contributed by atoms with Crippen molar-refractivity contribution >= 4 is 23.2 Å². The van der Waals surface area contributed by atoms with Crippen LogP contribution in [0.4, 0.5) is 0 Å². The Labute approximate surface area is 134 Å². The molecule has 1 saturated heterocycles. The number of aryl methyl sites for hydroxylation is 1. The Morgan fingerprint density at radius 2 is 2.05 bits per heavy atom. The third-order valence-electron chi connectivity index (χ3n) is 3.48. The summed E-state index contributed by atoms with van der Waals surface area (Å²) in [6.45, 7) is 4.81. The number of hydrogen-bond acceptors (Lipinski definition) is 5. The third kappa shape index (κ3) is 6.55. The Balaban J connectivity index is 1.50. The lowest BCUT2D eigenvalue weighted by molar-refractivity contribution is -0.126. The molecule has 2 rings (SSSR count). The molecule has 0 spiro atoms. The standard InChI is InChI=1S/C15H23N3O3S/c19-14(4-3-13-2-1-11-22-13)17-12-15(20)16-5-6-18-7-9-21-10-8-18/h1-2,11H,3-10,12H2,(H,16,20)(H,17,19). The van der Waals surface area contributed by atoms with Gasteiger partial charge < -0.3 is 15.4 Å². The molecule has 1 aromatic heterocycles. The number of carbonyl (C=O) groups excluding carboxylic acids is 2. The Bertz CT molecular complexity index is 459. The van der Waals surface area contributed by atoms with Crippen LogP contribution < -0.4 is 10.6 Å². The molecule has 7 heteroatoms. The van der Waals surface area contributed by atoms with Gasteiger partial charge in [0, 0.05) is 37.5 Å². The first-order chi connectivity index (χ1) is 10.7. The summed E-state index contributed by atoms with van der Waals surface area (Å²) < 4.78 is 5.27. The van der Waals surface area contributed by atoms with Crippen LogP contribution in [0.25, 0.3) is 0 Å². The molecular formula is C15H23N3O3S. The topological polar surface area (TPSA) is 70.7 Å². The van der Waals surface area contributed by atoms with Crippen LogP contribution in [0.5, 0.6) is 0 Å². The molecule has 0 bridgehead atoms. The predicted molar refractivity (Wildman–Crippen MR) is 85.9 cm³/mol. The lowest BCUT2D eigenvalue weighted by Crippen LogP contribution is -2.43. The molecule has 0 atom stereocenters. The van der Waals surface area contributed by atoms with Crippen molar-refractivity contribution in [2.24, 2.45) is 0 Å². The SMILES string of the molecule is O=C(CCc1cccs1)NCC(=O)NCCN1CCOCC1. The normalized spacial score (nSPS) is 15.5. The van der Waals surface area contributed by atoms with Crippen molar-refractivity contribution in [3.8, 4) is 0 Å². The van der Waals surface area contributed by atoms with Crippen molar-refractivity contribution in [3.63, 3.8) is 0 Å². The van der Waals surface area contributed by atoms with Crippen molar-refractivity contribution in [2.75, 3.05) is 45.9 Å². The van der Waals surface area contributed by atoms with Gasteiger partial charge in [0.2, 0.25) is 11.8 Å². The van der Waals surface area contributed by atoms with E-state index in [0.29, 0.717) is 13.0 Å². The lowest BCUT2D eigenvalue weighted by Gasteiger charge is -2.26. The van der Waals surface area contributed by atoms with Crippen molar-refractivity contribution in [1.82, 2.24) is 15.5 Å². The second-order valence-corrected chi connectivity index (χ2v) is 6.19. The van der Waals surface area contributed by atoms with E-state index in [1.165, 1.54) is 4.88 Å². The fourth-order valence-electron chi connectivity index (χ4n) is 2.20. The molecule has 2 N–H and O–H groups in total. The zero-order chi connectivity index (χ0) is 15.6. The van der Waals surface area contributed by atoms with Crippen LogP contribution in [-0.4, -0.2) is 62.7 Å². The van der Waals surface area contributed by atoms with Crippen molar-refractivity contribution < 1.29 is 14.3 Å². The molecule has 22 heavy (non-hydrogen) atoms. The number of nitrogens with zero attached hydrogens (tertiary/aromatic N) is 1. The maximum absolute atomic E-state index is 11.7. The predicted octanol–water partition coefficient (Wildman–Crippen LogP) is 0.245. The Hall–Kier alpha value is -1.44. The van der Waals surface area contributed by atoms with E-state index in [0.717, 1.165) is 39.3 Å². The van der Waals surface area contributed by atoms with Gasteiger partial charge in [0.15, 0.2) is 0 Å². The molecule has 1 aromatic rings. The molecule has 0 aliphatic carbocycles. The molecule has 1 aliphatic rings. The average Bonchev–Trinajstić information content (AvgIpc) is 3.05. The van der Waals surface area contributed by atoms with Crippen LogP contribution in [0.3, 0.4) is 0 Å². The van der Waals surface area contributed by atoms with E-state index in [-0.39, 0.29) is 18.4 Å². The van der Waals surface area contributed by atoms with E-state index in [1.807, 2.05) is 17.5 Å². The number of hydrogen-bond donors (Lipinski definition) is 2. The summed E-state index contributed by atoms with van der Waals surface area (Å²) in [6.07, 6.45) is 1.14. The van der Waals surface area contributed by atoms with E-state index in [1.54, 1.807) is 11.3 Å². The zero-order valence-corrected chi connectivity index (χ0v) is 13.5. The smallest absolute Gasteiger partial charge is 0.239 e. The molecule has 1 aliphatic heterocycles. The highest BCUT2D eigenvalue weighted by Crippen LogP contribution is 2.10. The minimum absolute atomic E-state index is 0.0480. The van der Waals surface area contributed by atoms with Crippen molar-refractivity contribution in [2.45, 2.75) is 12.8 Å². The third-order valence-corrected chi connectivity index (χ3v) is 4.41. The van der Waals surface area contributed by atoms with Crippen molar-refractivity contribution in [1.29, 1.82) is 0 Å². The van der Waals surface area contributed by atoms with E-state index < -0.39 is 0 Å². The lowest BCUT2D eigenvalue weighted by atomic mass is 10.2. The maximum Gasteiger partial charge on any atom is 0.239 e. The molecule has 0 aromatic carbocycles. The van der Waals surface area contributed by atoms with Gasteiger partial charge in [0.25, 0.3) is 0 Å². The minimum Gasteiger partial charge on any atom is -0.379 e. The van der Waals surface area contributed by atoms with Gasteiger partial charge >= 0.3 is 0 Å². The molecule has 1 fully saturated rings. The first-order valence-electron chi connectivity index (χ1n) is 7.60. The Morgan fingerprint density at radius 1 is 1.23 bits per heavy atom. The molecule has 122 valence electrons. The summed E-state index contributed by atoms with van der Waals surface area (Å²) >= 11 is 1.64. The van der Waals surface area contributed by atoms with Gasteiger partial charge in [-0.2, -0.15) is 0 Å². The number of amides is 2. The fourth-order valence-corrected chi connectivity index (χ4v) is 2.91. The van der Waals surface area contributed by atoms with Gasteiger partial charge in [-0.05, 0) is 17.9 Å². The monoisotopic (exact) mass is 325 g/mol. The Morgan fingerprint density at radius 3 is 2.77 bits per heavy atom. The van der Waals surface area contributed by atoms with E-state index >= 15 is 0 Å². The van der Waals surface area contributed by atoms with Crippen LogP contribution in [0.1, 0.15) is 11.3 Å². The Kier molecular flexibility index (Phi) is 7.35. The second-order valence-electron chi connectivity index (χ2n) is 5.16. The van der Waals surface area contributed by atoms with E-state index in [4.69, 9.17) is 4.74 Å². The van der Waals surface area contributed by atoms with E-state index in [9.17, 15) is 9.59 Å². The molecule has 6 nitrogen and oxygen atoms in total. The summed E-state index contributed by atoms with van der Waals surface area (Å²) in [4.78, 5) is 26.7. The summed E-state index contributed by atoms with van der Waals surface area (Å²) in [7, 11) is 0. The van der Waals surface area contributed by atoms with Crippen LogP contribution in [0, 0.1) is 0 Å². The van der Waals surface area contributed by atoms with Crippen molar-refractivity contribution in [3.05, 3.63) is 22.4 Å². The minimum atomic E-state index is -0.141. The van der Waals surface area contributed by atoms with Crippen LogP contribution >= 0.6 is 11.3 Å². The summed E-state index contributed by atoms with van der Waals surface area (Å²) in [5.41, 5.74) is 0. The number of carbonyl (C=O) groups is 2. The molecule has 0 radical (unpaired) electrons. The van der Waals surface area contributed by atoms with Gasteiger partial charge in [-0.15, -0.1) is 11.3 Å².